The van der Waals surface area contributed by atoms with E-state index in [1.807, 2.05) is 13.8 Å². The maximum absolute atomic E-state index is 11.9. The highest BCUT2D eigenvalue weighted by Crippen LogP contribution is 2.13. The van der Waals surface area contributed by atoms with E-state index in [4.69, 9.17) is 22.7 Å². The van der Waals surface area contributed by atoms with Crippen molar-refractivity contribution in [3.05, 3.63) is 0 Å². The first-order valence-electron chi connectivity index (χ1n) is 5.15. The van der Waals surface area contributed by atoms with Crippen LogP contribution in [-0.4, -0.2) is 41.1 Å². The van der Waals surface area contributed by atoms with E-state index < -0.39 is 0 Å². The minimum atomic E-state index is -0.377. The van der Waals surface area contributed by atoms with Gasteiger partial charge in [-0.3, -0.25) is 4.79 Å². The molecule has 0 bridgehead atoms. The maximum atomic E-state index is 11.9. The fraction of sp³-hybridized carbons (Fsp3) is 0.800. The molecule has 0 aromatic rings. The van der Waals surface area contributed by atoms with Crippen LogP contribution in [0.25, 0.3) is 0 Å². The second kappa shape index (κ2) is 4.90. The molecule has 15 heavy (non-hydrogen) atoms. The average molecular weight is 230 g/mol. The molecule has 1 aliphatic heterocycles. The van der Waals surface area contributed by atoms with E-state index in [0.29, 0.717) is 13.1 Å². The summed E-state index contributed by atoms with van der Waals surface area (Å²) in [6.45, 7) is 6.91. The highest BCUT2D eigenvalue weighted by Gasteiger charge is 2.29. The molecule has 0 aliphatic carbocycles. The van der Waals surface area contributed by atoms with Crippen LogP contribution < -0.4 is 5.73 Å². The Morgan fingerprint density at radius 3 is 2.33 bits per heavy atom. The van der Waals surface area contributed by atoms with Gasteiger partial charge >= 0.3 is 0 Å². The minimum absolute atomic E-state index is 0.00417. The zero-order valence-electron chi connectivity index (χ0n) is 9.40. The third-order valence-electron chi connectivity index (χ3n) is 2.53. The van der Waals surface area contributed by atoms with Gasteiger partial charge in [0.1, 0.15) is 0 Å². The van der Waals surface area contributed by atoms with Crippen LogP contribution in [0, 0.1) is 5.92 Å². The average Bonchev–Trinajstić information content (AvgIpc) is 2.13. The van der Waals surface area contributed by atoms with Gasteiger partial charge in [0.25, 0.3) is 0 Å². The number of carbonyl (C=O) groups excluding carboxylic acids is 1. The molecule has 1 amide bonds. The molecule has 3 atom stereocenters. The molecule has 0 radical (unpaired) electrons. The van der Waals surface area contributed by atoms with Gasteiger partial charge in [0.05, 0.1) is 23.1 Å². The quantitative estimate of drug-likeness (QED) is 0.704. The zero-order chi connectivity index (χ0) is 11.6. The third kappa shape index (κ3) is 3.14. The van der Waals surface area contributed by atoms with Crippen LogP contribution in [-0.2, 0) is 9.53 Å². The van der Waals surface area contributed by atoms with Gasteiger partial charge in [0, 0.05) is 13.1 Å². The van der Waals surface area contributed by atoms with Crippen LogP contribution in [0.2, 0.25) is 0 Å². The molecule has 1 saturated heterocycles. The Labute approximate surface area is 95.8 Å². The van der Waals surface area contributed by atoms with E-state index in [1.54, 1.807) is 11.8 Å². The Kier molecular flexibility index (Phi) is 4.04. The molecule has 0 aromatic heterocycles. The molecule has 86 valence electrons. The Balaban J connectivity index is 2.63. The van der Waals surface area contributed by atoms with Gasteiger partial charge in [-0.1, -0.05) is 12.2 Å². The number of nitrogens with zero attached hydrogens (tertiary/aromatic N) is 1. The molecule has 5 heteroatoms. The molecule has 1 heterocycles. The van der Waals surface area contributed by atoms with Gasteiger partial charge in [-0.15, -0.1) is 0 Å². The lowest BCUT2D eigenvalue weighted by Crippen LogP contribution is -2.51. The molecule has 1 aliphatic rings. The van der Waals surface area contributed by atoms with Gasteiger partial charge in [-0.05, 0) is 20.8 Å². The summed E-state index contributed by atoms with van der Waals surface area (Å²) < 4.78 is 5.55. The van der Waals surface area contributed by atoms with Crippen molar-refractivity contribution >= 4 is 23.1 Å². The van der Waals surface area contributed by atoms with E-state index in [1.165, 1.54) is 0 Å². The van der Waals surface area contributed by atoms with Crippen molar-refractivity contribution in [2.45, 2.75) is 33.0 Å². The van der Waals surface area contributed by atoms with Crippen LogP contribution in [0.4, 0.5) is 0 Å². The smallest absolute Gasteiger partial charge is 0.232 e. The summed E-state index contributed by atoms with van der Waals surface area (Å²) in [5, 5.41) is 0. The number of carbonyl (C=O) groups is 1. The summed E-state index contributed by atoms with van der Waals surface area (Å²) in [6.07, 6.45) is 0.160. The summed E-state index contributed by atoms with van der Waals surface area (Å²) in [5.74, 6) is -0.373. The lowest BCUT2D eigenvalue weighted by atomic mass is 10.1. The maximum Gasteiger partial charge on any atom is 0.232 e. The first-order chi connectivity index (χ1) is 6.91. The lowest BCUT2D eigenvalue weighted by Gasteiger charge is -2.36. The Morgan fingerprint density at radius 2 is 1.93 bits per heavy atom. The summed E-state index contributed by atoms with van der Waals surface area (Å²) in [4.78, 5) is 14.0. The monoisotopic (exact) mass is 230 g/mol. The highest BCUT2D eigenvalue weighted by atomic mass is 32.1. The van der Waals surface area contributed by atoms with Crippen molar-refractivity contribution in [2.75, 3.05) is 13.1 Å². The number of thiocarbonyl (C=S) groups is 1. The van der Waals surface area contributed by atoms with Gasteiger partial charge in [-0.25, -0.2) is 0 Å². The van der Waals surface area contributed by atoms with Crippen molar-refractivity contribution in [1.29, 1.82) is 0 Å². The minimum Gasteiger partial charge on any atom is -0.393 e. The molecule has 0 aromatic carbocycles. The predicted octanol–water partition coefficient (Wildman–Crippen LogP) is 0.544. The van der Waals surface area contributed by atoms with E-state index >= 15 is 0 Å². The number of hydrogen-bond donors (Lipinski definition) is 1. The normalized spacial score (nSPS) is 28.6. The Bertz CT molecular complexity index is 260. The molecule has 1 fully saturated rings. The first-order valence-corrected chi connectivity index (χ1v) is 5.56. The molecular weight excluding hydrogens is 212 g/mol. The molecule has 0 saturated carbocycles. The number of ether oxygens (including phenoxy) is 1. The van der Waals surface area contributed by atoms with Crippen molar-refractivity contribution < 1.29 is 9.53 Å². The van der Waals surface area contributed by atoms with Gasteiger partial charge < -0.3 is 15.4 Å². The number of morpholine rings is 1. The number of rotatable bonds is 2. The molecule has 4 nitrogen and oxygen atoms in total. The van der Waals surface area contributed by atoms with Crippen LogP contribution in [0.15, 0.2) is 0 Å². The van der Waals surface area contributed by atoms with E-state index in [-0.39, 0.29) is 29.0 Å². The fourth-order valence-electron chi connectivity index (χ4n) is 1.75. The highest BCUT2D eigenvalue weighted by molar-refractivity contribution is 7.80. The SMILES string of the molecule is CC1CN(C(=O)C(C)C(N)=S)CC(C)O1. The lowest BCUT2D eigenvalue weighted by molar-refractivity contribution is -0.144. The van der Waals surface area contributed by atoms with Crippen LogP contribution in [0.5, 0.6) is 0 Å². The van der Waals surface area contributed by atoms with Crippen molar-refractivity contribution in [1.82, 2.24) is 4.90 Å². The van der Waals surface area contributed by atoms with Crippen molar-refractivity contribution in [3.8, 4) is 0 Å². The van der Waals surface area contributed by atoms with Gasteiger partial charge in [0.2, 0.25) is 5.91 Å². The van der Waals surface area contributed by atoms with Crippen LogP contribution in [0.3, 0.4) is 0 Å². The predicted molar refractivity (Wildman–Crippen MR) is 62.5 cm³/mol. The van der Waals surface area contributed by atoms with Crippen molar-refractivity contribution in [2.24, 2.45) is 11.7 Å². The topological polar surface area (TPSA) is 55.6 Å². The van der Waals surface area contributed by atoms with E-state index in [0.717, 1.165) is 0 Å². The number of amides is 1. The largest absolute Gasteiger partial charge is 0.393 e. The molecule has 0 spiro atoms. The summed E-state index contributed by atoms with van der Waals surface area (Å²) >= 11 is 4.82. The molecule has 1 rings (SSSR count). The van der Waals surface area contributed by atoms with Gasteiger partial charge in [0.15, 0.2) is 0 Å². The first kappa shape index (κ1) is 12.4. The third-order valence-corrected chi connectivity index (χ3v) is 2.88. The Morgan fingerprint density at radius 1 is 1.47 bits per heavy atom. The zero-order valence-corrected chi connectivity index (χ0v) is 10.2. The second-order valence-electron chi connectivity index (χ2n) is 4.12. The van der Waals surface area contributed by atoms with E-state index in [9.17, 15) is 4.79 Å². The van der Waals surface area contributed by atoms with Crippen LogP contribution >= 0.6 is 12.2 Å². The number of hydrogen-bond acceptors (Lipinski definition) is 3. The second-order valence-corrected chi connectivity index (χ2v) is 4.60. The van der Waals surface area contributed by atoms with Crippen molar-refractivity contribution in [3.63, 3.8) is 0 Å². The standard InChI is InChI=1S/C10H18N2O2S/c1-6-4-12(5-7(2)14-6)10(13)8(3)9(11)15/h6-8H,4-5H2,1-3H3,(H2,11,15). The summed E-state index contributed by atoms with van der Waals surface area (Å²) in [7, 11) is 0. The molecular formula is C10H18N2O2S. The molecule has 2 N–H and O–H groups in total. The number of nitrogens with two attached hydrogens (primary N) is 1. The summed E-state index contributed by atoms with van der Waals surface area (Å²) in [5.41, 5.74) is 5.47. The fourth-order valence-corrected chi connectivity index (χ4v) is 1.85. The summed E-state index contributed by atoms with van der Waals surface area (Å²) in [6, 6.07) is 0. The Hall–Kier alpha value is -0.680. The molecule has 3 unspecified atom stereocenters. The van der Waals surface area contributed by atoms with Gasteiger partial charge in [-0.2, -0.15) is 0 Å². The van der Waals surface area contributed by atoms with Crippen LogP contribution in [0.1, 0.15) is 20.8 Å². The van der Waals surface area contributed by atoms with E-state index in [2.05, 4.69) is 0 Å².